The number of aryl methyl sites for hydroxylation is 2. The number of aromatic nitrogens is 2. The maximum atomic E-state index is 12.5. The van der Waals surface area contributed by atoms with Crippen LogP contribution in [0.5, 0.6) is 0 Å². The van der Waals surface area contributed by atoms with Crippen molar-refractivity contribution in [2.24, 2.45) is 0 Å². The van der Waals surface area contributed by atoms with Crippen LogP contribution in [-0.4, -0.2) is 15.5 Å². The summed E-state index contributed by atoms with van der Waals surface area (Å²) in [5.74, 6) is -0.199. The molecule has 0 fully saturated rings. The van der Waals surface area contributed by atoms with Gasteiger partial charge in [-0.25, -0.2) is 4.98 Å². The molecular formula is C21H23N3O2. The molecular weight excluding hydrogens is 326 g/mol. The number of amides is 1. The largest absolute Gasteiger partial charge is 0.348 e. The van der Waals surface area contributed by atoms with E-state index in [0.29, 0.717) is 16.7 Å². The highest BCUT2D eigenvalue weighted by atomic mass is 16.2. The van der Waals surface area contributed by atoms with Crippen molar-refractivity contribution in [3.63, 3.8) is 0 Å². The van der Waals surface area contributed by atoms with E-state index >= 15 is 0 Å². The number of fused-ring (bicyclic) bond motifs is 1. The molecule has 1 heterocycles. The number of para-hydroxylation sites is 2. The van der Waals surface area contributed by atoms with Gasteiger partial charge in [-0.2, -0.15) is 0 Å². The molecule has 0 unspecified atom stereocenters. The Labute approximate surface area is 152 Å². The molecule has 5 nitrogen and oxygen atoms in total. The van der Waals surface area contributed by atoms with E-state index in [1.54, 1.807) is 6.92 Å². The minimum atomic E-state index is -0.237. The number of carbonyl (C=O) groups is 1. The molecule has 5 heteroatoms. The summed E-state index contributed by atoms with van der Waals surface area (Å²) in [5.41, 5.74) is 3.83. The predicted octanol–water partition coefficient (Wildman–Crippen LogP) is 3.14. The molecule has 3 aromatic rings. The smallest absolute Gasteiger partial charge is 0.272 e. The van der Waals surface area contributed by atoms with E-state index < -0.39 is 0 Å². The monoisotopic (exact) mass is 349 g/mol. The summed E-state index contributed by atoms with van der Waals surface area (Å²) in [5, 5.41) is 2.97. The average Bonchev–Trinajstić information content (AvgIpc) is 2.65. The Kier molecular flexibility index (Phi) is 5.16. The lowest BCUT2D eigenvalue weighted by molar-refractivity contribution is -0.122. The lowest BCUT2D eigenvalue weighted by Crippen LogP contribution is -2.35. The summed E-state index contributed by atoms with van der Waals surface area (Å²) >= 11 is 0. The van der Waals surface area contributed by atoms with Crippen LogP contribution in [0.2, 0.25) is 0 Å². The number of carbonyl (C=O) groups excluding carboxylic acids is 1. The summed E-state index contributed by atoms with van der Waals surface area (Å²) in [6.07, 6.45) is 0.985. The van der Waals surface area contributed by atoms with Crippen LogP contribution in [-0.2, 0) is 17.8 Å². The first-order valence-corrected chi connectivity index (χ1v) is 8.84. The van der Waals surface area contributed by atoms with Gasteiger partial charge in [0.05, 0.1) is 17.1 Å². The van der Waals surface area contributed by atoms with Gasteiger partial charge in [0, 0.05) is 0 Å². The topological polar surface area (TPSA) is 64.0 Å². The van der Waals surface area contributed by atoms with Gasteiger partial charge in [-0.05, 0) is 43.5 Å². The van der Waals surface area contributed by atoms with E-state index in [9.17, 15) is 9.59 Å². The lowest BCUT2D eigenvalue weighted by Gasteiger charge is -2.16. The fraction of sp³-hybridized carbons (Fsp3) is 0.286. The SMILES string of the molecule is CCc1ccc([C@H](C)NC(=O)Cn2c(=O)c(C)nc3ccccc32)cc1. The zero-order chi connectivity index (χ0) is 18.7. The Balaban J connectivity index is 1.80. The van der Waals surface area contributed by atoms with Crippen molar-refractivity contribution in [1.82, 2.24) is 14.9 Å². The Morgan fingerprint density at radius 3 is 2.54 bits per heavy atom. The zero-order valence-corrected chi connectivity index (χ0v) is 15.3. The van der Waals surface area contributed by atoms with Crippen molar-refractivity contribution in [1.29, 1.82) is 0 Å². The third-order valence-corrected chi connectivity index (χ3v) is 4.58. The third kappa shape index (κ3) is 3.67. The number of hydrogen-bond acceptors (Lipinski definition) is 3. The lowest BCUT2D eigenvalue weighted by atomic mass is 10.1. The standard InChI is InChI=1S/C21H23N3O2/c1-4-16-9-11-17(12-10-16)14(2)23-20(25)13-24-19-8-6-5-7-18(19)22-15(3)21(24)26/h5-12,14H,4,13H2,1-3H3,(H,23,25)/t14-/m0/s1. The number of rotatable bonds is 5. The summed E-state index contributed by atoms with van der Waals surface area (Å²) in [4.78, 5) is 29.3. The number of benzene rings is 2. The van der Waals surface area contributed by atoms with E-state index in [4.69, 9.17) is 0 Å². The van der Waals surface area contributed by atoms with Crippen LogP contribution < -0.4 is 10.9 Å². The van der Waals surface area contributed by atoms with E-state index in [-0.39, 0.29) is 24.1 Å². The molecule has 0 aliphatic carbocycles. The summed E-state index contributed by atoms with van der Waals surface area (Å²) in [7, 11) is 0. The second-order valence-electron chi connectivity index (χ2n) is 6.46. The molecule has 1 N–H and O–H groups in total. The average molecular weight is 349 g/mol. The maximum Gasteiger partial charge on any atom is 0.272 e. The Hall–Kier alpha value is -2.95. The minimum Gasteiger partial charge on any atom is -0.348 e. The molecule has 134 valence electrons. The van der Waals surface area contributed by atoms with Crippen molar-refractivity contribution in [3.8, 4) is 0 Å². The van der Waals surface area contributed by atoms with Crippen LogP contribution in [0.3, 0.4) is 0 Å². The zero-order valence-electron chi connectivity index (χ0n) is 15.3. The molecule has 0 bridgehead atoms. The van der Waals surface area contributed by atoms with Crippen molar-refractivity contribution in [3.05, 3.63) is 75.7 Å². The molecule has 0 saturated heterocycles. The second kappa shape index (κ2) is 7.52. The number of nitrogens with one attached hydrogen (secondary N) is 1. The molecule has 0 aliphatic rings. The molecule has 1 atom stereocenters. The molecule has 1 aromatic heterocycles. The van der Waals surface area contributed by atoms with Crippen molar-refractivity contribution in [2.45, 2.75) is 39.8 Å². The normalized spacial score (nSPS) is 12.1. The first kappa shape index (κ1) is 17.9. The maximum absolute atomic E-state index is 12.5. The molecule has 1 amide bonds. The fourth-order valence-electron chi connectivity index (χ4n) is 3.03. The molecule has 3 rings (SSSR count). The van der Waals surface area contributed by atoms with Crippen LogP contribution >= 0.6 is 0 Å². The van der Waals surface area contributed by atoms with Gasteiger partial charge in [-0.3, -0.25) is 14.2 Å². The number of hydrogen-bond donors (Lipinski definition) is 1. The number of nitrogens with zero attached hydrogens (tertiary/aromatic N) is 2. The molecule has 0 radical (unpaired) electrons. The Morgan fingerprint density at radius 2 is 1.85 bits per heavy atom. The van der Waals surface area contributed by atoms with Gasteiger partial charge < -0.3 is 5.32 Å². The minimum absolute atomic E-state index is 0.0277. The van der Waals surface area contributed by atoms with Gasteiger partial charge in [0.1, 0.15) is 12.2 Å². The molecule has 2 aromatic carbocycles. The highest BCUT2D eigenvalue weighted by Crippen LogP contribution is 2.14. The summed E-state index contributed by atoms with van der Waals surface area (Å²) in [6.45, 7) is 5.69. The molecule has 0 aliphatic heterocycles. The van der Waals surface area contributed by atoms with Gasteiger partial charge in [0.2, 0.25) is 5.91 Å². The van der Waals surface area contributed by atoms with Crippen LogP contribution in [0, 0.1) is 6.92 Å². The highest BCUT2D eigenvalue weighted by molar-refractivity contribution is 5.80. The van der Waals surface area contributed by atoms with Gasteiger partial charge in [0.25, 0.3) is 5.56 Å². The molecule has 0 spiro atoms. The van der Waals surface area contributed by atoms with Gasteiger partial charge in [-0.15, -0.1) is 0 Å². The summed E-state index contributed by atoms with van der Waals surface area (Å²) in [6, 6.07) is 15.4. The van der Waals surface area contributed by atoms with E-state index in [2.05, 4.69) is 29.4 Å². The van der Waals surface area contributed by atoms with Crippen LogP contribution in [0.4, 0.5) is 0 Å². The third-order valence-electron chi connectivity index (χ3n) is 4.58. The van der Waals surface area contributed by atoms with E-state index in [1.807, 2.05) is 43.3 Å². The quantitative estimate of drug-likeness (QED) is 0.770. The van der Waals surface area contributed by atoms with Crippen molar-refractivity contribution >= 4 is 16.9 Å². The Bertz CT molecular complexity index is 990. The predicted molar refractivity (Wildman–Crippen MR) is 103 cm³/mol. The highest BCUT2D eigenvalue weighted by Gasteiger charge is 2.14. The van der Waals surface area contributed by atoms with Crippen LogP contribution in [0.1, 0.15) is 36.7 Å². The first-order chi connectivity index (χ1) is 12.5. The molecule has 0 saturated carbocycles. The molecule has 26 heavy (non-hydrogen) atoms. The first-order valence-electron chi connectivity index (χ1n) is 8.84. The Morgan fingerprint density at radius 1 is 1.15 bits per heavy atom. The van der Waals surface area contributed by atoms with E-state index in [1.165, 1.54) is 10.1 Å². The van der Waals surface area contributed by atoms with Gasteiger partial charge >= 0.3 is 0 Å². The second-order valence-corrected chi connectivity index (χ2v) is 6.46. The van der Waals surface area contributed by atoms with Crippen molar-refractivity contribution in [2.75, 3.05) is 0 Å². The van der Waals surface area contributed by atoms with E-state index in [0.717, 1.165) is 12.0 Å². The van der Waals surface area contributed by atoms with Crippen molar-refractivity contribution < 1.29 is 4.79 Å². The van der Waals surface area contributed by atoms with Crippen LogP contribution in [0.15, 0.2) is 53.3 Å². The summed E-state index contributed by atoms with van der Waals surface area (Å²) < 4.78 is 1.49. The van der Waals surface area contributed by atoms with Gasteiger partial charge in [-0.1, -0.05) is 43.3 Å². The van der Waals surface area contributed by atoms with Gasteiger partial charge in [0.15, 0.2) is 0 Å². The van der Waals surface area contributed by atoms with Crippen LogP contribution in [0.25, 0.3) is 11.0 Å². The fourth-order valence-corrected chi connectivity index (χ4v) is 3.03.